The first kappa shape index (κ1) is 16.0. The Bertz CT molecular complexity index is 481. The number of nitrogens with zero attached hydrogens (tertiary/aromatic N) is 1. The molecule has 0 spiro atoms. The van der Waals surface area contributed by atoms with Crippen LogP contribution in [0.5, 0.6) is 0 Å². The number of hydrogen-bond donors (Lipinski definition) is 3. The van der Waals surface area contributed by atoms with E-state index < -0.39 is 0 Å². The fourth-order valence-corrected chi connectivity index (χ4v) is 1.48. The Labute approximate surface area is 118 Å². The number of oxime groups is 1. The maximum atomic E-state index is 11.8. The van der Waals surface area contributed by atoms with Crippen LogP contribution in [0.25, 0.3) is 0 Å². The number of amidine groups is 1. The molecule has 0 aliphatic carbocycles. The summed E-state index contributed by atoms with van der Waals surface area (Å²) in [5, 5.41) is 14.3. The summed E-state index contributed by atoms with van der Waals surface area (Å²) in [5.74, 6) is -0.0329. The zero-order valence-corrected chi connectivity index (χ0v) is 12.0. The summed E-state index contributed by atoms with van der Waals surface area (Å²) in [4.78, 5) is 11.8. The average molecular weight is 279 g/mol. The molecule has 0 aromatic heterocycles. The molecule has 20 heavy (non-hydrogen) atoms. The molecule has 0 saturated carbocycles. The number of amides is 1. The normalized spacial score (nSPS) is 12.2. The molecular formula is C14H21N3O3. The lowest BCUT2D eigenvalue weighted by atomic mass is 10.1. The van der Waals surface area contributed by atoms with Gasteiger partial charge in [-0.3, -0.25) is 4.79 Å². The lowest BCUT2D eigenvalue weighted by molar-refractivity contribution is -0.121. The van der Waals surface area contributed by atoms with Crippen molar-refractivity contribution < 1.29 is 14.7 Å². The third-order valence-electron chi connectivity index (χ3n) is 2.99. The van der Waals surface area contributed by atoms with E-state index >= 15 is 0 Å². The molecule has 0 fully saturated rings. The summed E-state index contributed by atoms with van der Waals surface area (Å²) < 4.78 is 5.23. The highest BCUT2D eigenvalue weighted by atomic mass is 16.5. The molecule has 0 aliphatic rings. The van der Waals surface area contributed by atoms with E-state index in [4.69, 9.17) is 15.7 Å². The maximum absolute atomic E-state index is 11.8. The first-order valence-corrected chi connectivity index (χ1v) is 6.26. The van der Waals surface area contributed by atoms with E-state index in [2.05, 4.69) is 10.5 Å². The molecule has 0 saturated heterocycles. The van der Waals surface area contributed by atoms with Gasteiger partial charge in [0.05, 0.1) is 12.0 Å². The quantitative estimate of drug-likeness (QED) is 0.311. The van der Waals surface area contributed by atoms with Crippen LogP contribution in [0.3, 0.4) is 0 Å². The topological polar surface area (TPSA) is 96.9 Å². The van der Waals surface area contributed by atoms with Gasteiger partial charge in [0, 0.05) is 19.2 Å². The molecule has 1 aromatic carbocycles. The van der Waals surface area contributed by atoms with Gasteiger partial charge in [0.15, 0.2) is 5.84 Å². The Balaban J connectivity index is 2.55. The predicted octanol–water partition coefficient (Wildman–Crippen LogP) is 0.865. The van der Waals surface area contributed by atoms with Gasteiger partial charge in [-0.2, -0.15) is 0 Å². The Kier molecular flexibility index (Phi) is 5.52. The number of hydrogen-bond acceptors (Lipinski definition) is 4. The minimum Gasteiger partial charge on any atom is -0.409 e. The SMILES string of the molecule is COC(C)(C)CNC(=O)Cc1ccc(/C(N)=N/O)cc1. The third-order valence-corrected chi connectivity index (χ3v) is 2.99. The Morgan fingerprint density at radius 3 is 2.50 bits per heavy atom. The maximum Gasteiger partial charge on any atom is 0.224 e. The van der Waals surface area contributed by atoms with Crippen LogP contribution in [0.1, 0.15) is 25.0 Å². The van der Waals surface area contributed by atoms with Crippen LogP contribution in [0.4, 0.5) is 0 Å². The zero-order valence-electron chi connectivity index (χ0n) is 12.0. The van der Waals surface area contributed by atoms with Crippen molar-refractivity contribution in [2.45, 2.75) is 25.9 Å². The van der Waals surface area contributed by atoms with Gasteiger partial charge in [0.25, 0.3) is 0 Å². The number of rotatable bonds is 6. The summed E-state index contributed by atoms with van der Waals surface area (Å²) in [7, 11) is 1.61. The highest BCUT2D eigenvalue weighted by Gasteiger charge is 2.17. The van der Waals surface area contributed by atoms with E-state index in [0.29, 0.717) is 12.1 Å². The number of nitrogens with two attached hydrogens (primary N) is 1. The molecule has 0 heterocycles. The van der Waals surface area contributed by atoms with Gasteiger partial charge >= 0.3 is 0 Å². The summed E-state index contributed by atoms with van der Waals surface area (Å²) >= 11 is 0. The molecule has 6 heteroatoms. The van der Waals surface area contributed by atoms with Gasteiger partial charge in [-0.05, 0) is 19.4 Å². The van der Waals surface area contributed by atoms with Crippen LogP contribution < -0.4 is 11.1 Å². The van der Waals surface area contributed by atoms with Crippen molar-refractivity contribution >= 4 is 11.7 Å². The van der Waals surface area contributed by atoms with Crippen LogP contribution in [-0.4, -0.2) is 36.2 Å². The van der Waals surface area contributed by atoms with E-state index in [-0.39, 0.29) is 23.8 Å². The Hall–Kier alpha value is -2.08. The lowest BCUT2D eigenvalue weighted by Crippen LogP contribution is -2.40. The van der Waals surface area contributed by atoms with E-state index in [1.807, 2.05) is 13.8 Å². The molecule has 110 valence electrons. The van der Waals surface area contributed by atoms with E-state index in [1.165, 1.54) is 0 Å². The van der Waals surface area contributed by atoms with Crippen LogP contribution in [0.2, 0.25) is 0 Å². The van der Waals surface area contributed by atoms with Crippen molar-refractivity contribution in [1.82, 2.24) is 5.32 Å². The average Bonchev–Trinajstić information content (AvgIpc) is 2.45. The van der Waals surface area contributed by atoms with Crippen LogP contribution in [-0.2, 0) is 16.0 Å². The largest absolute Gasteiger partial charge is 0.409 e. The molecule has 1 amide bonds. The standard InChI is InChI=1S/C14H21N3O3/c1-14(2,20-3)9-16-12(18)8-10-4-6-11(7-5-10)13(15)17-19/h4-7,19H,8-9H2,1-3H3,(H2,15,17)(H,16,18). The second-order valence-corrected chi connectivity index (χ2v) is 5.10. The highest BCUT2D eigenvalue weighted by Crippen LogP contribution is 2.07. The van der Waals surface area contributed by atoms with Gasteiger partial charge in [0.2, 0.25) is 5.91 Å². The minimum atomic E-state index is -0.383. The first-order chi connectivity index (χ1) is 9.38. The van der Waals surface area contributed by atoms with Gasteiger partial charge in [-0.15, -0.1) is 0 Å². The molecule has 0 atom stereocenters. The fraction of sp³-hybridized carbons (Fsp3) is 0.429. The summed E-state index contributed by atoms with van der Waals surface area (Å²) in [6.07, 6.45) is 0.274. The van der Waals surface area contributed by atoms with Crippen molar-refractivity contribution in [3.8, 4) is 0 Å². The molecule has 1 aromatic rings. The fourth-order valence-electron chi connectivity index (χ4n) is 1.48. The highest BCUT2D eigenvalue weighted by molar-refractivity contribution is 5.97. The number of benzene rings is 1. The van der Waals surface area contributed by atoms with Gasteiger partial charge < -0.3 is 21.0 Å². The van der Waals surface area contributed by atoms with E-state index in [0.717, 1.165) is 5.56 Å². The molecule has 1 rings (SSSR count). The van der Waals surface area contributed by atoms with Gasteiger partial charge in [-0.25, -0.2) is 0 Å². The molecule has 0 aliphatic heterocycles. The first-order valence-electron chi connectivity index (χ1n) is 6.26. The molecule has 6 nitrogen and oxygen atoms in total. The van der Waals surface area contributed by atoms with Gasteiger partial charge in [0.1, 0.15) is 0 Å². The molecule has 0 bridgehead atoms. The minimum absolute atomic E-state index is 0.0443. The number of carbonyl (C=O) groups excluding carboxylic acids is 1. The number of carbonyl (C=O) groups is 1. The summed E-state index contributed by atoms with van der Waals surface area (Å²) in [6, 6.07) is 6.95. The lowest BCUT2D eigenvalue weighted by Gasteiger charge is -2.23. The summed E-state index contributed by atoms with van der Waals surface area (Å²) in [6.45, 7) is 4.25. The molecule has 0 unspecified atom stereocenters. The summed E-state index contributed by atoms with van der Waals surface area (Å²) in [5.41, 5.74) is 6.54. The van der Waals surface area contributed by atoms with Crippen molar-refractivity contribution in [1.29, 1.82) is 0 Å². The molecular weight excluding hydrogens is 258 g/mol. The van der Waals surface area contributed by atoms with Gasteiger partial charge in [-0.1, -0.05) is 29.4 Å². The van der Waals surface area contributed by atoms with Crippen LogP contribution in [0, 0.1) is 0 Å². The second-order valence-electron chi connectivity index (χ2n) is 5.10. The molecule has 0 radical (unpaired) electrons. The van der Waals surface area contributed by atoms with Crippen LogP contribution in [0.15, 0.2) is 29.4 Å². The third kappa shape index (κ3) is 4.89. The van der Waals surface area contributed by atoms with Crippen molar-refractivity contribution in [3.63, 3.8) is 0 Å². The smallest absolute Gasteiger partial charge is 0.224 e. The van der Waals surface area contributed by atoms with Crippen molar-refractivity contribution in [2.24, 2.45) is 10.9 Å². The van der Waals surface area contributed by atoms with Crippen molar-refractivity contribution in [2.75, 3.05) is 13.7 Å². The predicted molar refractivity (Wildman–Crippen MR) is 76.8 cm³/mol. The Morgan fingerprint density at radius 1 is 1.40 bits per heavy atom. The van der Waals surface area contributed by atoms with E-state index in [9.17, 15) is 4.79 Å². The Morgan fingerprint density at radius 2 is 2.00 bits per heavy atom. The number of nitrogens with one attached hydrogen (secondary N) is 1. The van der Waals surface area contributed by atoms with E-state index in [1.54, 1.807) is 31.4 Å². The number of ether oxygens (including phenoxy) is 1. The number of methoxy groups -OCH3 is 1. The molecule has 4 N–H and O–H groups in total. The second kappa shape index (κ2) is 6.91. The zero-order chi connectivity index (χ0) is 15.2. The van der Waals surface area contributed by atoms with Crippen LogP contribution >= 0.6 is 0 Å². The van der Waals surface area contributed by atoms with Crippen molar-refractivity contribution in [3.05, 3.63) is 35.4 Å². The monoisotopic (exact) mass is 279 g/mol.